The van der Waals surface area contributed by atoms with Crippen molar-refractivity contribution in [1.82, 2.24) is 8.97 Å². The fourth-order valence-electron chi connectivity index (χ4n) is 3.16. The predicted molar refractivity (Wildman–Crippen MR) is 110 cm³/mol. The molecule has 3 aromatic heterocycles. The van der Waals surface area contributed by atoms with E-state index in [0.29, 0.717) is 30.9 Å². The number of esters is 1. The first-order valence-electron chi connectivity index (χ1n) is 8.46. The Labute approximate surface area is 164 Å². The highest BCUT2D eigenvalue weighted by Crippen LogP contribution is 2.30. The van der Waals surface area contributed by atoms with Gasteiger partial charge in [0.2, 0.25) is 0 Å². The molecule has 1 aromatic carbocycles. The maximum absolute atomic E-state index is 13.4. The summed E-state index contributed by atoms with van der Waals surface area (Å²) >= 11 is 6.76. The highest BCUT2D eigenvalue weighted by molar-refractivity contribution is 7.73. The molecule has 0 N–H and O–H groups in total. The summed E-state index contributed by atoms with van der Waals surface area (Å²) in [5.41, 5.74) is 2.89. The molecule has 4 rings (SSSR count). The molecule has 136 valence electrons. The van der Waals surface area contributed by atoms with Crippen LogP contribution in [-0.4, -0.2) is 21.5 Å². The third-order valence-electron chi connectivity index (χ3n) is 4.31. The first-order chi connectivity index (χ1) is 13.0. The second-order valence-electron chi connectivity index (χ2n) is 6.08. The van der Waals surface area contributed by atoms with Gasteiger partial charge in [0, 0.05) is 6.20 Å². The van der Waals surface area contributed by atoms with Gasteiger partial charge in [-0.1, -0.05) is 24.3 Å². The van der Waals surface area contributed by atoms with Gasteiger partial charge in [0.05, 0.1) is 22.5 Å². The Balaban J connectivity index is 2.20. The summed E-state index contributed by atoms with van der Waals surface area (Å²) in [6, 6.07) is 13.0. The molecule has 0 aliphatic heterocycles. The van der Waals surface area contributed by atoms with Gasteiger partial charge in [-0.2, -0.15) is 0 Å². The topological polar surface area (TPSA) is 52.7 Å². The van der Waals surface area contributed by atoms with Crippen LogP contribution in [0.2, 0.25) is 0 Å². The molecule has 4 aromatic rings. The van der Waals surface area contributed by atoms with Crippen LogP contribution in [0.4, 0.5) is 0 Å². The van der Waals surface area contributed by atoms with Crippen LogP contribution in [0.1, 0.15) is 22.8 Å². The third-order valence-corrected chi connectivity index (χ3v) is 5.70. The molecular formula is C20H16N2O3S2. The number of hydrogen-bond acceptors (Lipinski definition) is 5. The number of ether oxygens (including phenoxy) is 1. The van der Waals surface area contributed by atoms with Gasteiger partial charge in [-0.3, -0.25) is 9.36 Å². The van der Waals surface area contributed by atoms with Gasteiger partial charge in [0.25, 0.3) is 5.56 Å². The van der Waals surface area contributed by atoms with Crippen LogP contribution < -0.4 is 5.56 Å². The van der Waals surface area contributed by atoms with Crippen molar-refractivity contribution in [3.8, 4) is 5.69 Å². The molecule has 0 amide bonds. The molecule has 0 saturated heterocycles. The summed E-state index contributed by atoms with van der Waals surface area (Å²) in [4.78, 5) is 26.0. The van der Waals surface area contributed by atoms with E-state index >= 15 is 0 Å². The summed E-state index contributed by atoms with van der Waals surface area (Å²) in [5, 5.41) is 0. The van der Waals surface area contributed by atoms with Crippen LogP contribution in [0.25, 0.3) is 21.4 Å². The molecule has 7 heteroatoms. The van der Waals surface area contributed by atoms with Crippen molar-refractivity contribution in [2.75, 3.05) is 6.61 Å². The molecule has 0 atom stereocenters. The number of para-hydroxylation sites is 1. The third kappa shape index (κ3) is 2.79. The molecular weight excluding hydrogens is 380 g/mol. The van der Waals surface area contributed by atoms with Crippen molar-refractivity contribution in [1.29, 1.82) is 0 Å². The largest absolute Gasteiger partial charge is 0.462 e. The standard InChI is InChI=1S/C20H16N2O3S2/c1-3-25-19(24)15-14-10-9-12(2)11-21(14)16-17(15)27-20(26)22(18(16)23)13-7-5-4-6-8-13/h4-11H,3H2,1-2H3. The van der Waals surface area contributed by atoms with E-state index < -0.39 is 5.97 Å². The zero-order valence-corrected chi connectivity index (χ0v) is 16.4. The van der Waals surface area contributed by atoms with Crippen molar-refractivity contribution >= 4 is 45.3 Å². The summed E-state index contributed by atoms with van der Waals surface area (Å²) < 4.78 is 9.46. The molecule has 0 unspecified atom stereocenters. The first-order valence-corrected chi connectivity index (χ1v) is 9.68. The summed E-state index contributed by atoms with van der Waals surface area (Å²) in [5.74, 6) is -0.448. The SMILES string of the molecule is CCOC(=O)c1c2sc(=S)n(-c3ccccc3)c(=O)c2n2cc(C)ccc12. The van der Waals surface area contributed by atoms with Crippen molar-refractivity contribution in [3.05, 3.63) is 74.1 Å². The number of rotatable bonds is 3. The molecule has 0 bridgehead atoms. The van der Waals surface area contributed by atoms with Crippen LogP contribution in [-0.2, 0) is 4.74 Å². The van der Waals surface area contributed by atoms with E-state index in [1.54, 1.807) is 11.3 Å². The predicted octanol–water partition coefficient (Wildman–Crippen LogP) is 4.52. The van der Waals surface area contributed by atoms with Gasteiger partial charge in [0.15, 0.2) is 3.95 Å². The molecule has 0 radical (unpaired) electrons. The summed E-state index contributed by atoms with van der Waals surface area (Å²) in [6.07, 6.45) is 1.85. The van der Waals surface area contributed by atoms with Crippen molar-refractivity contribution in [2.45, 2.75) is 13.8 Å². The van der Waals surface area contributed by atoms with Crippen LogP contribution in [0.5, 0.6) is 0 Å². The quantitative estimate of drug-likeness (QED) is 0.377. The van der Waals surface area contributed by atoms with E-state index in [-0.39, 0.29) is 12.2 Å². The number of aromatic nitrogens is 2. The maximum Gasteiger partial charge on any atom is 0.341 e. The lowest BCUT2D eigenvalue weighted by atomic mass is 10.2. The van der Waals surface area contributed by atoms with E-state index in [4.69, 9.17) is 17.0 Å². The van der Waals surface area contributed by atoms with Gasteiger partial charge >= 0.3 is 5.97 Å². The Hall–Kier alpha value is -2.77. The number of carbonyl (C=O) groups is 1. The second kappa shape index (κ2) is 6.75. The van der Waals surface area contributed by atoms with E-state index in [9.17, 15) is 9.59 Å². The Kier molecular flexibility index (Phi) is 4.41. The average molecular weight is 396 g/mol. The smallest absolute Gasteiger partial charge is 0.341 e. The van der Waals surface area contributed by atoms with Gasteiger partial charge in [-0.15, -0.1) is 11.3 Å². The van der Waals surface area contributed by atoms with Gasteiger partial charge in [-0.25, -0.2) is 4.79 Å². The number of fused-ring (bicyclic) bond motifs is 3. The van der Waals surface area contributed by atoms with Crippen LogP contribution in [0.15, 0.2) is 53.5 Å². The lowest BCUT2D eigenvalue weighted by Crippen LogP contribution is -2.19. The number of nitrogens with zero attached hydrogens (tertiary/aromatic N) is 2. The molecule has 5 nitrogen and oxygen atoms in total. The molecule has 0 aliphatic carbocycles. The van der Waals surface area contributed by atoms with Crippen LogP contribution >= 0.6 is 23.6 Å². The Morgan fingerprint density at radius 1 is 1.19 bits per heavy atom. The van der Waals surface area contributed by atoms with Gasteiger partial charge < -0.3 is 9.14 Å². The van der Waals surface area contributed by atoms with Crippen LogP contribution in [0, 0.1) is 10.9 Å². The molecule has 3 heterocycles. The summed E-state index contributed by atoms with van der Waals surface area (Å²) in [7, 11) is 0. The minimum Gasteiger partial charge on any atom is -0.462 e. The average Bonchev–Trinajstić information content (AvgIpc) is 2.96. The zero-order valence-electron chi connectivity index (χ0n) is 14.8. The number of hydrogen-bond donors (Lipinski definition) is 0. The molecule has 0 aliphatic rings. The van der Waals surface area contributed by atoms with E-state index in [0.717, 1.165) is 5.56 Å². The minimum atomic E-state index is -0.448. The fraction of sp³-hybridized carbons (Fsp3) is 0.150. The number of aryl methyl sites for hydroxylation is 1. The molecule has 0 fully saturated rings. The monoisotopic (exact) mass is 396 g/mol. The Morgan fingerprint density at radius 3 is 2.63 bits per heavy atom. The highest BCUT2D eigenvalue weighted by Gasteiger charge is 2.23. The number of pyridine rings is 1. The highest BCUT2D eigenvalue weighted by atomic mass is 32.1. The lowest BCUT2D eigenvalue weighted by molar-refractivity contribution is 0.0531. The fourth-order valence-corrected chi connectivity index (χ4v) is 4.63. The Bertz CT molecular complexity index is 1300. The molecule has 0 saturated carbocycles. The normalized spacial score (nSPS) is 11.2. The first kappa shape index (κ1) is 17.6. The molecule has 27 heavy (non-hydrogen) atoms. The number of benzene rings is 1. The molecule has 0 spiro atoms. The van der Waals surface area contributed by atoms with E-state index in [1.807, 2.05) is 55.6 Å². The van der Waals surface area contributed by atoms with Crippen LogP contribution in [0.3, 0.4) is 0 Å². The minimum absolute atomic E-state index is 0.254. The zero-order chi connectivity index (χ0) is 19.1. The van der Waals surface area contributed by atoms with Crippen molar-refractivity contribution in [2.24, 2.45) is 0 Å². The van der Waals surface area contributed by atoms with E-state index in [1.165, 1.54) is 15.9 Å². The van der Waals surface area contributed by atoms with Gasteiger partial charge in [-0.05, 0) is 49.8 Å². The van der Waals surface area contributed by atoms with Gasteiger partial charge in [0.1, 0.15) is 11.1 Å². The summed E-state index contributed by atoms with van der Waals surface area (Å²) in [6.45, 7) is 3.96. The van der Waals surface area contributed by atoms with E-state index in [2.05, 4.69) is 0 Å². The maximum atomic E-state index is 13.4. The van der Waals surface area contributed by atoms with Crippen molar-refractivity contribution in [3.63, 3.8) is 0 Å². The second-order valence-corrected chi connectivity index (χ2v) is 7.72. The lowest BCUT2D eigenvalue weighted by Gasteiger charge is -2.06. The van der Waals surface area contributed by atoms with Crippen molar-refractivity contribution < 1.29 is 9.53 Å². The Morgan fingerprint density at radius 2 is 1.93 bits per heavy atom. The number of carbonyl (C=O) groups excluding carboxylic acids is 1.